The highest BCUT2D eigenvalue weighted by atomic mass is 35.5. The third kappa shape index (κ3) is 3.54. The lowest BCUT2D eigenvalue weighted by molar-refractivity contribution is 0.643. The number of anilines is 2. The van der Waals surface area contributed by atoms with Gasteiger partial charge in [-0.15, -0.1) is 11.3 Å². The molecule has 146 valence electrons. The molecule has 0 saturated carbocycles. The first-order valence-electron chi connectivity index (χ1n) is 9.62. The molecule has 1 fully saturated rings. The number of aromatic nitrogens is 3. The van der Waals surface area contributed by atoms with Gasteiger partial charge >= 0.3 is 0 Å². The zero-order valence-electron chi connectivity index (χ0n) is 16.0. The van der Waals surface area contributed by atoms with Crippen LogP contribution in [0.3, 0.4) is 0 Å². The lowest BCUT2D eigenvalue weighted by atomic mass is 10.0. The van der Waals surface area contributed by atoms with Gasteiger partial charge < -0.3 is 9.80 Å². The largest absolute Gasteiger partial charge is 0.353 e. The molecule has 0 aliphatic carbocycles. The summed E-state index contributed by atoms with van der Waals surface area (Å²) in [6.45, 7) is 5.61. The Hall–Kier alpha value is -2.70. The van der Waals surface area contributed by atoms with Crippen LogP contribution in [-0.4, -0.2) is 41.1 Å². The normalized spacial score (nSPS) is 14.6. The average molecular weight is 422 g/mol. The Labute approximate surface area is 178 Å². The van der Waals surface area contributed by atoms with Crippen LogP contribution in [0.1, 0.15) is 5.56 Å². The van der Waals surface area contributed by atoms with Gasteiger partial charge in [0.2, 0.25) is 5.28 Å². The van der Waals surface area contributed by atoms with Crippen molar-refractivity contribution in [1.82, 2.24) is 15.0 Å². The number of aryl methyl sites for hydroxylation is 1. The summed E-state index contributed by atoms with van der Waals surface area (Å²) >= 11 is 7.90. The van der Waals surface area contributed by atoms with Crippen LogP contribution in [0.4, 0.5) is 11.6 Å². The number of pyridine rings is 1. The summed E-state index contributed by atoms with van der Waals surface area (Å²) in [7, 11) is 0. The number of fused-ring (bicyclic) bond motifs is 1. The molecule has 4 aromatic rings. The van der Waals surface area contributed by atoms with E-state index in [-0.39, 0.29) is 0 Å². The maximum Gasteiger partial charge on any atom is 0.225 e. The molecule has 1 aromatic carbocycles. The van der Waals surface area contributed by atoms with E-state index in [1.165, 1.54) is 16.7 Å². The van der Waals surface area contributed by atoms with Gasteiger partial charge in [0.15, 0.2) is 0 Å². The number of hydrogen-bond donors (Lipinski definition) is 0. The highest BCUT2D eigenvalue weighted by molar-refractivity contribution is 7.17. The standard InChI is InChI=1S/C22H20ClN5S/c1-15-5-7-16(8-6-15)17-14-29-21-19(17)20(25-22(23)26-21)28-12-10-27(11-13-28)18-4-2-3-9-24-18/h2-9,14H,10-13H2,1H3. The summed E-state index contributed by atoms with van der Waals surface area (Å²) in [6.07, 6.45) is 1.84. The Balaban J connectivity index is 1.50. The first-order chi connectivity index (χ1) is 14.2. The summed E-state index contributed by atoms with van der Waals surface area (Å²) in [5.41, 5.74) is 3.60. The van der Waals surface area contributed by atoms with E-state index >= 15 is 0 Å². The van der Waals surface area contributed by atoms with E-state index < -0.39 is 0 Å². The molecule has 7 heteroatoms. The third-order valence-electron chi connectivity index (χ3n) is 5.30. The SMILES string of the molecule is Cc1ccc(-c2csc3nc(Cl)nc(N4CCN(c5ccccn5)CC4)c23)cc1. The van der Waals surface area contributed by atoms with Crippen molar-refractivity contribution in [2.45, 2.75) is 6.92 Å². The second-order valence-electron chi connectivity index (χ2n) is 7.17. The summed E-state index contributed by atoms with van der Waals surface area (Å²) in [5, 5.41) is 3.56. The van der Waals surface area contributed by atoms with E-state index in [2.05, 4.69) is 67.4 Å². The van der Waals surface area contributed by atoms with Crippen molar-refractivity contribution >= 4 is 44.8 Å². The van der Waals surface area contributed by atoms with Gasteiger partial charge in [0.25, 0.3) is 0 Å². The third-order valence-corrected chi connectivity index (χ3v) is 6.34. The average Bonchev–Trinajstić information content (AvgIpc) is 3.18. The fraction of sp³-hybridized carbons (Fsp3) is 0.227. The van der Waals surface area contributed by atoms with E-state index in [0.29, 0.717) is 5.28 Å². The summed E-state index contributed by atoms with van der Waals surface area (Å²) < 4.78 is 0. The molecule has 1 aliphatic heterocycles. The van der Waals surface area contributed by atoms with Crippen LogP contribution < -0.4 is 9.80 Å². The van der Waals surface area contributed by atoms with Gasteiger partial charge in [-0.2, -0.15) is 4.98 Å². The zero-order chi connectivity index (χ0) is 19.8. The maximum absolute atomic E-state index is 6.28. The van der Waals surface area contributed by atoms with Crippen molar-refractivity contribution in [1.29, 1.82) is 0 Å². The summed E-state index contributed by atoms with van der Waals surface area (Å²) in [5.74, 6) is 1.95. The van der Waals surface area contributed by atoms with E-state index in [1.807, 2.05) is 18.3 Å². The Morgan fingerprint density at radius 3 is 2.41 bits per heavy atom. The molecule has 0 amide bonds. The summed E-state index contributed by atoms with van der Waals surface area (Å²) in [6, 6.07) is 14.6. The molecule has 0 N–H and O–H groups in total. The molecule has 0 radical (unpaired) electrons. The molecular formula is C22H20ClN5S. The van der Waals surface area contributed by atoms with Gasteiger partial charge in [-0.3, -0.25) is 0 Å². The van der Waals surface area contributed by atoms with Crippen LogP contribution in [0.2, 0.25) is 5.28 Å². The molecule has 1 saturated heterocycles. The van der Waals surface area contributed by atoms with Crippen molar-refractivity contribution in [3.63, 3.8) is 0 Å². The van der Waals surface area contributed by atoms with Crippen LogP contribution in [0.25, 0.3) is 21.3 Å². The number of piperazine rings is 1. The smallest absolute Gasteiger partial charge is 0.225 e. The second-order valence-corrected chi connectivity index (χ2v) is 8.37. The first kappa shape index (κ1) is 18.3. The zero-order valence-corrected chi connectivity index (χ0v) is 17.6. The van der Waals surface area contributed by atoms with Gasteiger partial charge in [0.1, 0.15) is 16.5 Å². The molecular weight excluding hydrogens is 402 g/mol. The molecule has 5 nitrogen and oxygen atoms in total. The molecule has 1 aliphatic rings. The fourth-order valence-corrected chi connectivity index (χ4v) is 4.92. The number of hydrogen-bond acceptors (Lipinski definition) is 6. The predicted molar refractivity (Wildman–Crippen MR) is 121 cm³/mol. The Morgan fingerprint density at radius 1 is 0.931 bits per heavy atom. The molecule has 5 rings (SSSR count). The van der Waals surface area contributed by atoms with Crippen LogP contribution in [0, 0.1) is 6.92 Å². The highest BCUT2D eigenvalue weighted by Crippen LogP contribution is 2.39. The van der Waals surface area contributed by atoms with Gasteiger partial charge in [0.05, 0.1) is 5.39 Å². The summed E-state index contributed by atoms with van der Waals surface area (Å²) in [4.78, 5) is 19.2. The van der Waals surface area contributed by atoms with Crippen LogP contribution in [-0.2, 0) is 0 Å². The molecule has 0 atom stereocenters. The van der Waals surface area contributed by atoms with Crippen molar-refractivity contribution in [2.75, 3.05) is 36.0 Å². The lowest BCUT2D eigenvalue weighted by Crippen LogP contribution is -2.47. The van der Waals surface area contributed by atoms with Crippen LogP contribution in [0.15, 0.2) is 54.0 Å². The lowest BCUT2D eigenvalue weighted by Gasteiger charge is -2.36. The predicted octanol–water partition coefficient (Wildman–Crippen LogP) is 5.04. The van der Waals surface area contributed by atoms with Gasteiger partial charge in [-0.05, 0) is 36.2 Å². The Kier molecular flexibility index (Phi) is 4.81. The maximum atomic E-state index is 6.28. The minimum atomic E-state index is 0.303. The molecule has 29 heavy (non-hydrogen) atoms. The monoisotopic (exact) mass is 421 g/mol. The molecule has 4 heterocycles. The van der Waals surface area contributed by atoms with Crippen molar-refractivity contribution in [2.24, 2.45) is 0 Å². The molecule has 0 unspecified atom stereocenters. The number of halogens is 1. The van der Waals surface area contributed by atoms with Crippen LogP contribution in [0.5, 0.6) is 0 Å². The van der Waals surface area contributed by atoms with Crippen molar-refractivity contribution in [3.05, 3.63) is 64.9 Å². The Bertz CT molecular complexity index is 1140. The van der Waals surface area contributed by atoms with Crippen molar-refractivity contribution < 1.29 is 0 Å². The van der Waals surface area contributed by atoms with Gasteiger partial charge in [-0.25, -0.2) is 9.97 Å². The van der Waals surface area contributed by atoms with Gasteiger partial charge in [-0.1, -0.05) is 35.9 Å². The minimum Gasteiger partial charge on any atom is -0.353 e. The molecule has 0 bridgehead atoms. The number of nitrogens with zero attached hydrogens (tertiary/aromatic N) is 5. The van der Waals surface area contributed by atoms with E-state index in [9.17, 15) is 0 Å². The highest BCUT2D eigenvalue weighted by Gasteiger charge is 2.24. The molecule has 3 aromatic heterocycles. The van der Waals surface area contributed by atoms with Crippen molar-refractivity contribution in [3.8, 4) is 11.1 Å². The quantitative estimate of drug-likeness (QED) is 0.433. The number of benzene rings is 1. The number of thiophene rings is 1. The van der Waals surface area contributed by atoms with Crippen LogP contribution >= 0.6 is 22.9 Å². The first-order valence-corrected chi connectivity index (χ1v) is 10.9. The topological polar surface area (TPSA) is 45.2 Å². The van der Waals surface area contributed by atoms with E-state index in [1.54, 1.807) is 11.3 Å². The minimum absolute atomic E-state index is 0.303. The molecule has 0 spiro atoms. The fourth-order valence-electron chi connectivity index (χ4n) is 3.76. The van der Waals surface area contributed by atoms with Gasteiger partial charge in [0, 0.05) is 43.3 Å². The number of rotatable bonds is 3. The van der Waals surface area contributed by atoms with E-state index in [0.717, 1.165) is 48.0 Å². The Morgan fingerprint density at radius 2 is 1.69 bits per heavy atom. The van der Waals surface area contributed by atoms with E-state index in [4.69, 9.17) is 11.6 Å². The second kappa shape index (κ2) is 7.61.